The van der Waals surface area contributed by atoms with Crippen LogP contribution in [0.3, 0.4) is 0 Å². The normalized spacial score (nSPS) is 15.5. The minimum absolute atomic E-state index is 0. The number of amides is 1. The molecule has 1 aliphatic heterocycles. The Balaban J connectivity index is 0.00000210. The first-order valence-corrected chi connectivity index (χ1v) is 13.1. The monoisotopic (exact) mass is 526 g/mol. The molecule has 2 aliphatic rings. The predicted molar refractivity (Wildman–Crippen MR) is 141 cm³/mol. The molecular formula is C27H30N2O7S. The fourth-order valence-electron chi connectivity index (χ4n) is 4.51. The van der Waals surface area contributed by atoms with Gasteiger partial charge in [0.15, 0.2) is 11.5 Å². The van der Waals surface area contributed by atoms with Crippen LogP contribution < -0.4 is 14.8 Å². The number of nitrogens with one attached hydrogen (secondary N) is 1. The summed E-state index contributed by atoms with van der Waals surface area (Å²) in [4.78, 5) is 25.0. The molecule has 1 aliphatic carbocycles. The predicted octanol–water partition coefficient (Wildman–Crippen LogP) is 4.50. The zero-order chi connectivity index (χ0) is 26.5. The van der Waals surface area contributed by atoms with Crippen molar-refractivity contribution in [2.45, 2.75) is 30.1 Å². The second-order valence-electron chi connectivity index (χ2n) is 9.44. The summed E-state index contributed by atoms with van der Waals surface area (Å²) in [6.07, 6.45) is 1.42. The van der Waals surface area contributed by atoms with Gasteiger partial charge < -0.3 is 19.9 Å². The van der Waals surface area contributed by atoms with Crippen LogP contribution in [0.4, 0.5) is 5.69 Å². The van der Waals surface area contributed by atoms with Gasteiger partial charge in [-0.15, -0.1) is 0 Å². The Kier molecular flexibility index (Phi) is 5.96. The first kappa shape index (κ1) is 24.8. The summed E-state index contributed by atoms with van der Waals surface area (Å²) in [6.45, 7) is 2.02. The largest absolute Gasteiger partial charge is 0.478 e. The van der Waals surface area contributed by atoms with Gasteiger partial charge in [-0.3, -0.25) is 4.79 Å². The number of sulfonamides is 1. The van der Waals surface area contributed by atoms with Crippen LogP contribution >= 0.6 is 0 Å². The van der Waals surface area contributed by atoms with Crippen LogP contribution in [0.5, 0.6) is 11.5 Å². The Morgan fingerprint density at radius 3 is 2.41 bits per heavy atom. The second-order valence-corrected chi connectivity index (χ2v) is 11.6. The van der Waals surface area contributed by atoms with Crippen molar-refractivity contribution in [2.24, 2.45) is 0 Å². The van der Waals surface area contributed by atoms with Crippen LogP contribution in [-0.2, 0) is 20.2 Å². The SMILES string of the molecule is Cc1ccc(NC(=O)C2(c3ccc4c(c3)OCO4)CC2)cc1-c1ccc(S(=O)(=O)N(C)C)c(C(=O)O)c1.[HH].[HH]. The average Bonchev–Trinajstić information content (AvgIpc) is 3.55. The molecule has 0 bridgehead atoms. The molecular weight excluding hydrogens is 496 g/mol. The number of carbonyl (C=O) groups is 2. The molecule has 0 spiro atoms. The first-order valence-electron chi connectivity index (χ1n) is 11.7. The molecule has 1 heterocycles. The van der Waals surface area contributed by atoms with Crippen molar-refractivity contribution in [2.75, 3.05) is 26.2 Å². The first-order chi connectivity index (χ1) is 17.5. The van der Waals surface area contributed by atoms with Crippen LogP contribution in [0.1, 0.15) is 37.2 Å². The van der Waals surface area contributed by atoms with Gasteiger partial charge in [0.2, 0.25) is 22.7 Å². The second kappa shape index (κ2) is 8.89. The number of nitrogens with zero attached hydrogens (tertiary/aromatic N) is 1. The van der Waals surface area contributed by atoms with E-state index in [0.717, 1.165) is 15.4 Å². The third kappa shape index (κ3) is 4.32. The number of carboxylic acids is 1. The molecule has 196 valence electrons. The lowest BCUT2D eigenvalue weighted by atomic mass is 9.94. The van der Waals surface area contributed by atoms with Gasteiger partial charge in [-0.05, 0) is 78.4 Å². The maximum atomic E-state index is 13.4. The highest BCUT2D eigenvalue weighted by Crippen LogP contribution is 2.51. The summed E-state index contributed by atoms with van der Waals surface area (Å²) in [6, 6.07) is 15.2. The molecule has 0 aromatic heterocycles. The smallest absolute Gasteiger partial charge is 0.337 e. The van der Waals surface area contributed by atoms with Crippen molar-refractivity contribution in [3.63, 3.8) is 0 Å². The molecule has 0 radical (unpaired) electrons. The number of ether oxygens (including phenoxy) is 2. The topological polar surface area (TPSA) is 122 Å². The molecule has 1 amide bonds. The maximum Gasteiger partial charge on any atom is 0.337 e. The summed E-state index contributed by atoms with van der Waals surface area (Å²) < 4.78 is 37.1. The van der Waals surface area contributed by atoms with E-state index in [-0.39, 0.29) is 26.0 Å². The molecule has 10 heteroatoms. The van der Waals surface area contributed by atoms with Crippen molar-refractivity contribution in [3.8, 4) is 22.6 Å². The van der Waals surface area contributed by atoms with Crippen molar-refractivity contribution in [1.82, 2.24) is 4.31 Å². The fourth-order valence-corrected chi connectivity index (χ4v) is 5.57. The Bertz CT molecular complexity index is 1550. The highest BCUT2D eigenvalue weighted by atomic mass is 32.2. The van der Waals surface area contributed by atoms with Gasteiger partial charge in [-0.1, -0.05) is 18.2 Å². The van der Waals surface area contributed by atoms with E-state index >= 15 is 0 Å². The van der Waals surface area contributed by atoms with E-state index in [4.69, 9.17) is 9.47 Å². The number of hydrogen-bond acceptors (Lipinski definition) is 6. The van der Waals surface area contributed by atoms with E-state index in [0.29, 0.717) is 41.2 Å². The minimum atomic E-state index is -3.95. The van der Waals surface area contributed by atoms with Crippen LogP contribution in [0.2, 0.25) is 0 Å². The van der Waals surface area contributed by atoms with Gasteiger partial charge in [0, 0.05) is 22.6 Å². The standard InChI is InChI=1S/C27H26N2O7S.2H2/c1-16-4-7-19(28-26(32)27(10-11-27)18-6-8-22-23(13-18)36-15-35-22)14-20(16)17-5-9-24(21(12-17)25(30)31)37(33,34)29(2)3;;/h4-9,12-14H,10-11,15H2,1-3H3,(H,28,32)(H,30,31);2*1H. The number of rotatable bonds is 7. The van der Waals surface area contributed by atoms with E-state index < -0.39 is 21.4 Å². The molecule has 5 rings (SSSR count). The van der Waals surface area contributed by atoms with Gasteiger partial charge in [-0.2, -0.15) is 0 Å². The number of carboxylic acid groups (broad SMARTS) is 1. The molecule has 1 saturated carbocycles. The Morgan fingerprint density at radius 2 is 1.73 bits per heavy atom. The third-order valence-electron chi connectivity index (χ3n) is 6.88. The summed E-state index contributed by atoms with van der Waals surface area (Å²) in [5, 5.41) is 12.7. The quantitative estimate of drug-likeness (QED) is 0.465. The lowest BCUT2D eigenvalue weighted by Gasteiger charge is -2.18. The van der Waals surface area contributed by atoms with Gasteiger partial charge in [0.25, 0.3) is 0 Å². The highest BCUT2D eigenvalue weighted by Gasteiger charge is 2.51. The van der Waals surface area contributed by atoms with E-state index in [2.05, 4.69) is 5.32 Å². The summed E-state index contributed by atoms with van der Waals surface area (Å²) >= 11 is 0. The molecule has 0 saturated heterocycles. The molecule has 0 atom stereocenters. The van der Waals surface area contributed by atoms with Crippen LogP contribution in [0, 0.1) is 6.92 Å². The van der Waals surface area contributed by atoms with E-state index in [1.165, 1.54) is 26.2 Å². The number of carbonyl (C=O) groups excluding carboxylic acids is 1. The highest BCUT2D eigenvalue weighted by molar-refractivity contribution is 7.89. The van der Waals surface area contributed by atoms with E-state index in [1.807, 2.05) is 31.2 Å². The molecule has 3 aromatic rings. The number of benzene rings is 3. The number of anilines is 1. The van der Waals surface area contributed by atoms with Crippen molar-refractivity contribution in [3.05, 3.63) is 71.3 Å². The van der Waals surface area contributed by atoms with E-state index in [9.17, 15) is 23.1 Å². The Labute approximate surface area is 217 Å². The van der Waals surface area contributed by atoms with Crippen molar-refractivity contribution in [1.29, 1.82) is 0 Å². The fraction of sp³-hybridized carbons (Fsp3) is 0.259. The lowest BCUT2D eigenvalue weighted by Crippen LogP contribution is -2.27. The zero-order valence-electron chi connectivity index (χ0n) is 20.6. The zero-order valence-corrected chi connectivity index (χ0v) is 21.4. The third-order valence-corrected chi connectivity index (χ3v) is 8.76. The molecule has 0 unspecified atom stereocenters. The van der Waals surface area contributed by atoms with Gasteiger partial charge >= 0.3 is 5.97 Å². The summed E-state index contributed by atoms with van der Waals surface area (Å²) in [5.41, 5.74) is 2.51. The number of fused-ring (bicyclic) bond motifs is 1. The number of aromatic carboxylic acids is 1. The Hall–Kier alpha value is -3.89. The van der Waals surface area contributed by atoms with Gasteiger partial charge in [0.1, 0.15) is 0 Å². The van der Waals surface area contributed by atoms with Gasteiger partial charge in [0.05, 0.1) is 15.9 Å². The molecule has 37 heavy (non-hydrogen) atoms. The lowest BCUT2D eigenvalue weighted by molar-refractivity contribution is -0.118. The van der Waals surface area contributed by atoms with Gasteiger partial charge in [-0.25, -0.2) is 17.5 Å². The molecule has 3 aromatic carbocycles. The van der Waals surface area contributed by atoms with Crippen LogP contribution in [0.15, 0.2) is 59.5 Å². The minimum Gasteiger partial charge on any atom is -0.478 e. The van der Waals surface area contributed by atoms with Crippen LogP contribution in [0.25, 0.3) is 11.1 Å². The average molecular weight is 527 g/mol. The number of aryl methyl sites for hydroxylation is 1. The van der Waals surface area contributed by atoms with Crippen molar-refractivity contribution < 1.29 is 35.4 Å². The summed E-state index contributed by atoms with van der Waals surface area (Å²) in [7, 11) is -1.25. The molecule has 9 nitrogen and oxygen atoms in total. The van der Waals surface area contributed by atoms with E-state index in [1.54, 1.807) is 18.2 Å². The Morgan fingerprint density at radius 1 is 1.00 bits per heavy atom. The summed E-state index contributed by atoms with van der Waals surface area (Å²) in [5.74, 6) is -0.194. The van der Waals surface area contributed by atoms with Crippen LogP contribution in [-0.4, -0.2) is 50.6 Å². The molecule has 2 N–H and O–H groups in total. The number of hydrogen-bond donors (Lipinski definition) is 2. The maximum absolute atomic E-state index is 13.4. The molecule has 1 fully saturated rings. The van der Waals surface area contributed by atoms with Crippen molar-refractivity contribution >= 4 is 27.6 Å².